The molecule has 0 aliphatic rings. The van der Waals surface area contributed by atoms with Gasteiger partial charge in [-0.2, -0.15) is 0 Å². The Morgan fingerprint density at radius 1 is 0.941 bits per heavy atom. The Hall–Kier alpha value is 0.0169. The highest BCUT2D eigenvalue weighted by Gasteiger charge is 2.42. The van der Waals surface area contributed by atoms with Gasteiger partial charge in [-0.05, 0) is 34.6 Å². The third-order valence-electron chi connectivity index (χ3n) is 1.99. The molecular formula is C11H27NO4Si. The predicted molar refractivity (Wildman–Crippen MR) is 69.6 cm³/mol. The van der Waals surface area contributed by atoms with Crippen LogP contribution in [0, 0.1) is 0 Å². The first-order chi connectivity index (χ1) is 7.99. The van der Waals surface area contributed by atoms with E-state index < -0.39 is 15.0 Å². The molecule has 0 aliphatic heterocycles. The minimum Gasteiger partial charge on any atom is -0.374 e. The first-order valence-corrected chi connectivity index (χ1v) is 8.25. The van der Waals surface area contributed by atoms with Gasteiger partial charge < -0.3 is 23.7 Å². The van der Waals surface area contributed by atoms with Gasteiger partial charge >= 0.3 is 8.80 Å². The van der Waals surface area contributed by atoms with E-state index in [1.54, 1.807) is 0 Å². The average Bonchev–Trinajstić information content (AvgIpc) is 2.16. The lowest BCUT2D eigenvalue weighted by Crippen LogP contribution is -2.50. The van der Waals surface area contributed by atoms with E-state index in [0.717, 1.165) is 0 Å². The molecule has 0 saturated carbocycles. The average molecular weight is 265 g/mol. The normalized spacial score (nSPS) is 14.3. The summed E-state index contributed by atoms with van der Waals surface area (Å²) in [5.41, 5.74) is 5.92. The van der Waals surface area contributed by atoms with E-state index >= 15 is 0 Å². The van der Waals surface area contributed by atoms with Crippen molar-refractivity contribution >= 4 is 8.80 Å². The second-order valence-electron chi connectivity index (χ2n) is 3.91. The van der Waals surface area contributed by atoms with Gasteiger partial charge in [0.15, 0.2) is 0 Å². The summed E-state index contributed by atoms with van der Waals surface area (Å²) in [6.45, 7) is 11.3. The molecule has 6 heteroatoms. The summed E-state index contributed by atoms with van der Waals surface area (Å²) in [5, 5.41) is 0. The Labute approximate surface area is 106 Å². The minimum absolute atomic E-state index is 0.0848. The summed E-state index contributed by atoms with van der Waals surface area (Å²) >= 11 is 0. The molecule has 0 aliphatic carbocycles. The molecule has 0 spiro atoms. The van der Waals surface area contributed by atoms with Crippen LogP contribution in [0.1, 0.15) is 34.6 Å². The molecule has 1 unspecified atom stereocenters. The van der Waals surface area contributed by atoms with Crippen LogP contribution in [0.4, 0.5) is 0 Å². The largest absolute Gasteiger partial charge is 0.504 e. The summed E-state index contributed by atoms with van der Waals surface area (Å²) in [6.07, 6.45) is -0.326. The Balaban J connectivity index is 4.51. The molecule has 1 atom stereocenters. The van der Waals surface area contributed by atoms with Crippen molar-refractivity contribution in [3.8, 4) is 0 Å². The quantitative estimate of drug-likeness (QED) is 0.481. The molecule has 5 nitrogen and oxygen atoms in total. The molecule has 0 aromatic carbocycles. The summed E-state index contributed by atoms with van der Waals surface area (Å²) in [6, 6.07) is 0.487. The Kier molecular flexibility index (Phi) is 9.02. The smallest absolute Gasteiger partial charge is 0.374 e. The van der Waals surface area contributed by atoms with Gasteiger partial charge in [0.25, 0.3) is 0 Å². The molecule has 0 fully saturated rings. The maximum Gasteiger partial charge on any atom is 0.504 e. The summed E-state index contributed by atoms with van der Waals surface area (Å²) < 4.78 is 22.6. The molecule has 104 valence electrons. The van der Waals surface area contributed by atoms with E-state index in [0.29, 0.717) is 25.9 Å². The molecule has 0 bridgehead atoms. The van der Waals surface area contributed by atoms with E-state index in [-0.39, 0.29) is 6.10 Å². The molecule has 2 N–H and O–H groups in total. The van der Waals surface area contributed by atoms with Gasteiger partial charge in [0, 0.05) is 19.8 Å². The van der Waals surface area contributed by atoms with Crippen molar-refractivity contribution in [1.82, 2.24) is 0 Å². The van der Waals surface area contributed by atoms with E-state index in [4.69, 9.17) is 23.7 Å². The van der Waals surface area contributed by atoms with E-state index in [1.807, 2.05) is 34.6 Å². The van der Waals surface area contributed by atoms with Crippen molar-refractivity contribution < 1.29 is 18.0 Å². The van der Waals surface area contributed by atoms with Crippen LogP contribution in [0.2, 0.25) is 6.04 Å². The minimum atomic E-state index is -2.68. The van der Waals surface area contributed by atoms with Crippen LogP contribution in [0.3, 0.4) is 0 Å². The van der Waals surface area contributed by atoms with Gasteiger partial charge in [-0.3, -0.25) is 0 Å². The van der Waals surface area contributed by atoms with Gasteiger partial charge in [-0.15, -0.1) is 0 Å². The zero-order valence-corrected chi connectivity index (χ0v) is 12.7. The molecule has 0 aromatic heterocycles. The maximum absolute atomic E-state index is 5.92. The fourth-order valence-electron chi connectivity index (χ4n) is 1.61. The summed E-state index contributed by atoms with van der Waals surface area (Å²) in [7, 11) is -2.68. The van der Waals surface area contributed by atoms with E-state index in [9.17, 15) is 0 Å². The first kappa shape index (κ1) is 17.0. The second-order valence-corrected chi connectivity index (χ2v) is 6.55. The van der Waals surface area contributed by atoms with E-state index in [2.05, 4.69) is 0 Å². The zero-order chi connectivity index (χ0) is 13.3. The molecule has 0 radical (unpaired) electrons. The van der Waals surface area contributed by atoms with Gasteiger partial charge in [0.1, 0.15) is 6.23 Å². The van der Waals surface area contributed by atoms with Gasteiger partial charge in [0.2, 0.25) is 0 Å². The summed E-state index contributed by atoms with van der Waals surface area (Å²) in [4.78, 5) is 0. The Morgan fingerprint density at radius 2 is 1.35 bits per heavy atom. The topological polar surface area (TPSA) is 62.9 Å². The number of hydrogen-bond donors (Lipinski definition) is 1. The summed E-state index contributed by atoms with van der Waals surface area (Å²) in [5.74, 6) is 0. The molecule has 0 aromatic rings. The van der Waals surface area contributed by atoms with E-state index in [1.165, 1.54) is 0 Å². The number of hydrogen-bond acceptors (Lipinski definition) is 5. The number of nitrogens with two attached hydrogens (primary N) is 1. The zero-order valence-electron chi connectivity index (χ0n) is 11.7. The molecule has 0 saturated heterocycles. The SMILES string of the molecule is CCO[Si](CC(N)OC(C)C)(OCC)OCC. The van der Waals surface area contributed by atoms with Crippen LogP contribution in [-0.2, 0) is 18.0 Å². The lowest BCUT2D eigenvalue weighted by atomic mass is 10.5. The van der Waals surface area contributed by atoms with Crippen molar-refractivity contribution in [2.45, 2.75) is 53.0 Å². The molecular weight excluding hydrogens is 238 g/mol. The third-order valence-corrected chi connectivity index (χ3v) is 5.08. The lowest BCUT2D eigenvalue weighted by molar-refractivity contribution is 0.000446. The van der Waals surface area contributed by atoms with Gasteiger partial charge in [0.05, 0.1) is 12.1 Å². The van der Waals surface area contributed by atoms with Crippen molar-refractivity contribution in [3.63, 3.8) is 0 Å². The highest BCUT2D eigenvalue weighted by atomic mass is 28.4. The second kappa shape index (κ2) is 9.01. The molecule has 0 heterocycles. The fraction of sp³-hybridized carbons (Fsp3) is 1.00. The van der Waals surface area contributed by atoms with Crippen molar-refractivity contribution in [3.05, 3.63) is 0 Å². The van der Waals surface area contributed by atoms with Gasteiger partial charge in [-0.25, -0.2) is 0 Å². The highest BCUT2D eigenvalue weighted by Crippen LogP contribution is 2.18. The monoisotopic (exact) mass is 265 g/mol. The maximum atomic E-state index is 5.92. The molecule has 17 heavy (non-hydrogen) atoms. The van der Waals surface area contributed by atoms with Crippen LogP contribution >= 0.6 is 0 Å². The molecule has 0 rings (SSSR count). The van der Waals surface area contributed by atoms with Crippen molar-refractivity contribution in [2.24, 2.45) is 5.73 Å². The van der Waals surface area contributed by atoms with Crippen LogP contribution < -0.4 is 5.73 Å². The van der Waals surface area contributed by atoms with Crippen LogP contribution in [0.5, 0.6) is 0 Å². The first-order valence-electron chi connectivity index (χ1n) is 6.32. The van der Waals surface area contributed by atoms with Crippen LogP contribution in [-0.4, -0.2) is 41.0 Å². The van der Waals surface area contributed by atoms with Crippen molar-refractivity contribution in [1.29, 1.82) is 0 Å². The number of ether oxygens (including phenoxy) is 1. The Bertz CT molecular complexity index is 175. The fourth-order valence-corrected chi connectivity index (χ4v) is 4.12. The Morgan fingerprint density at radius 3 is 1.65 bits per heavy atom. The molecule has 0 amide bonds. The van der Waals surface area contributed by atoms with Crippen LogP contribution in [0.25, 0.3) is 0 Å². The highest BCUT2D eigenvalue weighted by molar-refractivity contribution is 6.60. The standard InChI is InChI=1S/C11H27NO4Si/c1-6-13-17(14-7-2,15-8-3)9-11(12)16-10(4)5/h10-11H,6-9,12H2,1-5H3. The van der Waals surface area contributed by atoms with Crippen molar-refractivity contribution in [2.75, 3.05) is 19.8 Å². The lowest BCUT2D eigenvalue weighted by Gasteiger charge is -2.30. The van der Waals surface area contributed by atoms with Gasteiger partial charge in [-0.1, -0.05) is 0 Å². The third kappa shape index (κ3) is 7.12. The number of rotatable bonds is 10. The van der Waals surface area contributed by atoms with Crippen LogP contribution in [0.15, 0.2) is 0 Å². The predicted octanol–water partition coefficient (Wildman–Crippen LogP) is 1.74.